The molecular formula is C20H27N5O. The van der Waals surface area contributed by atoms with E-state index in [4.69, 9.17) is 0 Å². The molecule has 3 rings (SSSR count). The van der Waals surface area contributed by atoms with Gasteiger partial charge in [0, 0.05) is 44.6 Å². The van der Waals surface area contributed by atoms with Crippen LogP contribution in [0, 0.1) is 6.92 Å². The van der Waals surface area contributed by atoms with Gasteiger partial charge in [0.1, 0.15) is 5.69 Å². The largest absolute Gasteiger partial charge is 0.335 e. The number of amides is 1. The van der Waals surface area contributed by atoms with Gasteiger partial charge in [-0.2, -0.15) is 0 Å². The zero-order valence-electron chi connectivity index (χ0n) is 15.9. The fourth-order valence-electron chi connectivity index (χ4n) is 3.26. The highest BCUT2D eigenvalue weighted by Crippen LogP contribution is 2.23. The summed E-state index contributed by atoms with van der Waals surface area (Å²) in [6, 6.07) is 9.94. The lowest BCUT2D eigenvalue weighted by Gasteiger charge is -2.33. The van der Waals surface area contributed by atoms with Gasteiger partial charge in [-0.15, -0.1) is 0 Å². The number of likely N-dealkylation sites (N-methyl/N-ethyl adjacent to an activating group) is 1. The van der Waals surface area contributed by atoms with Crippen LogP contribution in [0.15, 0.2) is 36.5 Å². The van der Waals surface area contributed by atoms with E-state index in [1.165, 1.54) is 5.56 Å². The molecule has 2 heterocycles. The van der Waals surface area contributed by atoms with Crippen LogP contribution < -0.4 is 4.90 Å². The second-order valence-corrected chi connectivity index (χ2v) is 6.55. The molecule has 1 amide bonds. The Hall–Kier alpha value is -2.47. The lowest BCUT2D eigenvalue weighted by atomic mass is 10.2. The van der Waals surface area contributed by atoms with E-state index in [0.29, 0.717) is 11.6 Å². The number of aryl methyl sites for hydroxylation is 1. The number of carbonyl (C=O) groups is 1. The van der Waals surface area contributed by atoms with Crippen molar-refractivity contribution >= 4 is 17.5 Å². The minimum Gasteiger partial charge on any atom is -0.335 e. The average Bonchev–Trinajstić information content (AvgIpc) is 2.68. The molecule has 1 aliphatic rings. The van der Waals surface area contributed by atoms with Crippen LogP contribution in [0.25, 0.3) is 0 Å². The minimum atomic E-state index is -0.00954. The van der Waals surface area contributed by atoms with Crippen LogP contribution in [-0.2, 0) is 0 Å². The summed E-state index contributed by atoms with van der Waals surface area (Å²) in [4.78, 5) is 28.1. The lowest BCUT2D eigenvalue weighted by molar-refractivity contribution is 0.0637. The van der Waals surface area contributed by atoms with Crippen molar-refractivity contribution in [2.45, 2.75) is 20.8 Å². The summed E-state index contributed by atoms with van der Waals surface area (Å²) in [5, 5.41) is 0. The van der Waals surface area contributed by atoms with Crippen molar-refractivity contribution in [3.05, 3.63) is 47.8 Å². The summed E-state index contributed by atoms with van der Waals surface area (Å²) in [6.45, 7) is 11.4. The Morgan fingerprint density at radius 3 is 2.58 bits per heavy atom. The average molecular weight is 353 g/mol. The summed E-state index contributed by atoms with van der Waals surface area (Å²) < 4.78 is 0. The molecule has 0 bridgehead atoms. The van der Waals surface area contributed by atoms with Crippen molar-refractivity contribution in [3.8, 4) is 0 Å². The predicted octanol–water partition coefficient (Wildman–Crippen LogP) is 2.72. The summed E-state index contributed by atoms with van der Waals surface area (Å²) in [5.74, 6) is 0.556. The van der Waals surface area contributed by atoms with Crippen LogP contribution in [0.1, 0.15) is 29.9 Å². The fourth-order valence-corrected chi connectivity index (χ4v) is 3.26. The third kappa shape index (κ3) is 4.02. The van der Waals surface area contributed by atoms with Gasteiger partial charge in [-0.25, -0.2) is 9.97 Å². The Bertz CT molecular complexity index is 755. The summed E-state index contributed by atoms with van der Waals surface area (Å²) in [5.41, 5.74) is 2.68. The molecule has 138 valence electrons. The van der Waals surface area contributed by atoms with Crippen LogP contribution in [0.5, 0.6) is 0 Å². The highest BCUT2D eigenvalue weighted by Gasteiger charge is 2.23. The number of hydrogen-bond donors (Lipinski definition) is 0. The van der Waals surface area contributed by atoms with Crippen molar-refractivity contribution < 1.29 is 4.79 Å². The van der Waals surface area contributed by atoms with E-state index in [2.05, 4.69) is 47.8 Å². The molecule has 1 aromatic carbocycles. The molecule has 0 unspecified atom stereocenters. The van der Waals surface area contributed by atoms with Crippen LogP contribution in [-0.4, -0.2) is 64.9 Å². The Kier molecular flexibility index (Phi) is 5.83. The number of nitrogens with zero attached hydrogens (tertiary/aromatic N) is 5. The van der Waals surface area contributed by atoms with Gasteiger partial charge in [0.2, 0.25) is 5.95 Å². The van der Waals surface area contributed by atoms with E-state index in [0.717, 1.165) is 45.0 Å². The number of aromatic nitrogens is 2. The molecule has 0 spiro atoms. The Morgan fingerprint density at radius 2 is 1.92 bits per heavy atom. The first-order valence-electron chi connectivity index (χ1n) is 9.31. The monoisotopic (exact) mass is 353 g/mol. The molecular weight excluding hydrogens is 326 g/mol. The van der Waals surface area contributed by atoms with Crippen molar-refractivity contribution in [1.29, 1.82) is 0 Å². The summed E-state index contributed by atoms with van der Waals surface area (Å²) in [7, 11) is 0. The maximum absolute atomic E-state index is 12.8. The molecule has 0 saturated carbocycles. The first kappa shape index (κ1) is 18.3. The van der Waals surface area contributed by atoms with Gasteiger partial charge in [0.25, 0.3) is 5.91 Å². The molecule has 0 radical (unpaired) electrons. The van der Waals surface area contributed by atoms with Crippen LogP contribution in [0.2, 0.25) is 0 Å². The number of carbonyl (C=O) groups excluding carboxylic acids is 1. The van der Waals surface area contributed by atoms with E-state index < -0.39 is 0 Å². The normalized spacial score (nSPS) is 15.1. The predicted molar refractivity (Wildman–Crippen MR) is 104 cm³/mol. The van der Waals surface area contributed by atoms with Gasteiger partial charge in [-0.05, 0) is 44.2 Å². The minimum absolute atomic E-state index is 0.00954. The van der Waals surface area contributed by atoms with Crippen LogP contribution in [0.4, 0.5) is 11.6 Å². The zero-order chi connectivity index (χ0) is 18.5. The Balaban J connectivity index is 1.80. The highest BCUT2D eigenvalue weighted by molar-refractivity contribution is 5.92. The van der Waals surface area contributed by atoms with Gasteiger partial charge < -0.3 is 14.7 Å². The van der Waals surface area contributed by atoms with Crippen molar-refractivity contribution in [3.63, 3.8) is 0 Å². The molecule has 6 nitrogen and oxygen atoms in total. The molecule has 0 aliphatic carbocycles. The molecule has 26 heavy (non-hydrogen) atoms. The molecule has 1 aliphatic heterocycles. The molecule has 6 heteroatoms. The van der Waals surface area contributed by atoms with Gasteiger partial charge in [0.05, 0.1) is 0 Å². The second kappa shape index (κ2) is 8.27. The van der Waals surface area contributed by atoms with Crippen molar-refractivity contribution in [1.82, 2.24) is 19.8 Å². The van der Waals surface area contributed by atoms with Gasteiger partial charge in [-0.1, -0.05) is 19.1 Å². The van der Waals surface area contributed by atoms with Gasteiger partial charge in [0.15, 0.2) is 0 Å². The molecule has 0 N–H and O–H groups in total. The maximum atomic E-state index is 12.8. The van der Waals surface area contributed by atoms with E-state index in [9.17, 15) is 4.79 Å². The standard InChI is InChI=1S/C20H27N5O/c1-4-23-11-13-24(14-12-23)19(26)18-9-10-21-20(22-18)25(5-2)17-8-6-7-16(3)15-17/h6-10,15H,4-5,11-14H2,1-3H3. The summed E-state index contributed by atoms with van der Waals surface area (Å²) in [6.07, 6.45) is 1.68. The second-order valence-electron chi connectivity index (χ2n) is 6.55. The topological polar surface area (TPSA) is 52.6 Å². The smallest absolute Gasteiger partial charge is 0.272 e. The first-order chi connectivity index (χ1) is 12.6. The number of rotatable bonds is 5. The van der Waals surface area contributed by atoms with Crippen LogP contribution in [0.3, 0.4) is 0 Å². The SMILES string of the molecule is CCN1CCN(C(=O)c2ccnc(N(CC)c3cccc(C)c3)n2)CC1. The van der Waals surface area contributed by atoms with E-state index in [1.54, 1.807) is 12.3 Å². The molecule has 1 saturated heterocycles. The van der Waals surface area contributed by atoms with Crippen LogP contribution >= 0.6 is 0 Å². The fraction of sp³-hybridized carbons (Fsp3) is 0.450. The quantitative estimate of drug-likeness (QED) is 0.827. The molecule has 1 aromatic heterocycles. The van der Waals surface area contributed by atoms with E-state index in [1.807, 2.05) is 21.9 Å². The highest BCUT2D eigenvalue weighted by atomic mass is 16.2. The zero-order valence-corrected chi connectivity index (χ0v) is 15.9. The Morgan fingerprint density at radius 1 is 1.15 bits per heavy atom. The van der Waals surface area contributed by atoms with Crippen molar-refractivity contribution in [2.75, 3.05) is 44.2 Å². The molecule has 0 atom stereocenters. The number of anilines is 2. The lowest BCUT2D eigenvalue weighted by Crippen LogP contribution is -2.48. The summed E-state index contributed by atoms with van der Waals surface area (Å²) >= 11 is 0. The third-order valence-corrected chi connectivity index (χ3v) is 4.84. The van der Waals surface area contributed by atoms with Gasteiger partial charge >= 0.3 is 0 Å². The maximum Gasteiger partial charge on any atom is 0.272 e. The van der Waals surface area contributed by atoms with Crippen molar-refractivity contribution in [2.24, 2.45) is 0 Å². The third-order valence-electron chi connectivity index (χ3n) is 4.84. The Labute approximate surface area is 155 Å². The van der Waals surface area contributed by atoms with Gasteiger partial charge in [-0.3, -0.25) is 4.79 Å². The number of piperazine rings is 1. The molecule has 1 fully saturated rings. The number of benzene rings is 1. The first-order valence-corrected chi connectivity index (χ1v) is 9.31. The van der Waals surface area contributed by atoms with E-state index >= 15 is 0 Å². The molecule has 2 aromatic rings. The van der Waals surface area contributed by atoms with E-state index in [-0.39, 0.29) is 5.91 Å². The number of hydrogen-bond acceptors (Lipinski definition) is 5.